The molecular weight excluding hydrogens is 383 g/mol. The molecule has 0 aliphatic carbocycles. The van der Waals surface area contributed by atoms with Crippen molar-refractivity contribution in [2.45, 2.75) is 12.4 Å². The van der Waals surface area contributed by atoms with E-state index in [0.29, 0.717) is 16.1 Å². The maximum absolute atomic E-state index is 12.5. The first kappa shape index (κ1) is 19.1. The maximum Gasteiger partial charge on any atom is 0.536 e. The molecule has 5 nitrogen and oxygen atoms in total. The number of nitrogens with zero attached hydrogens (tertiary/aromatic N) is 1. The van der Waals surface area contributed by atoms with Crippen LogP contribution in [0.4, 0.5) is 13.2 Å². The number of halogens is 4. The lowest BCUT2D eigenvalue weighted by atomic mass is 10.2. The van der Waals surface area contributed by atoms with Crippen molar-refractivity contribution in [3.05, 3.63) is 68.6 Å². The number of benzene rings is 1. The van der Waals surface area contributed by atoms with Crippen LogP contribution < -0.4 is 9.84 Å². The zero-order valence-corrected chi connectivity index (χ0v) is 14.2. The topological polar surface area (TPSA) is 65.4 Å². The summed E-state index contributed by atoms with van der Waals surface area (Å²) in [5.74, 6) is 0. The number of alkyl halides is 3. The van der Waals surface area contributed by atoms with Crippen LogP contribution in [0.1, 0.15) is 16.8 Å². The molecule has 0 saturated carbocycles. The van der Waals surface area contributed by atoms with E-state index in [4.69, 9.17) is 11.6 Å². The predicted molar refractivity (Wildman–Crippen MR) is 87.4 cm³/mol. The van der Waals surface area contributed by atoms with E-state index in [1.807, 2.05) is 0 Å². The Labute approximate surface area is 146 Å². The average molecular weight is 394 g/mol. The zero-order valence-electron chi connectivity index (χ0n) is 12.6. The number of aromatic nitrogens is 1. The first-order chi connectivity index (χ1) is 11.5. The summed E-state index contributed by atoms with van der Waals surface area (Å²) >= 11 is 5.75. The van der Waals surface area contributed by atoms with Crippen LogP contribution in [-0.4, -0.2) is 18.7 Å². The highest BCUT2D eigenvalue weighted by molar-refractivity contribution is 7.87. The van der Waals surface area contributed by atoms with Crippen LogP contribution in [0, 0.1) is 6.92 Å². The largest absolute Gasteiger partial charge is 0.536 e. The molecule has 134 valence electrons. The molecule has 0 aliphatic heterocycles. The first-order valence-electron chi connectivity index (χ1n) is 6.68. The lowest BCUT2D eigenvalue weighted by Gasteiger charge is -2.13. The van der Waals surface area contributed by atoms with E-state index in [-0.39, 0.29) is 10.4 Å². The van der Waals surface area contributed by atoms with Crippen molar-refractivity contribution in [1.82, 2.24) is 4.73 Å². The highest BCUT2D eigenvalue weighted by atomic mass is 35.5. The Bertz CT molecular complexity index is 964. The maximum atomic E-state index is 12.5. The van der Waals surface area contributed by atoms with E-state index in [0.717, 1.165) is 6.07 Å². The molecule has 0 fully saturated rings. The van der Waals surface area contributed by atoms with Crippen LogP contribution in [0.25, 0.3) is 12.2 Å². The highest BCUT2D eigenvalue weighted by Gasteiger charge is 2.49. The fraction of sp³-hybridized carbons (Fsp3) is 0.133. The van der Waals surface area contributed by atoms with Gasteiger partial charge in [-0.1, -0.05) is 29.8 Å². The first-order valence-corrected chi connectivity index (χ1v) is 8.47. The lowest BCUT2D eigenvalue weighted by molar-refractivity contribution is -0.0549. The van der Waals surface area contributed by atoms with Gasteiger partial charge in [-0.3, -0.25) is 9.08 Å². The minimum atomic E-state index is -5.99. The minimum absolute atomic E-state index is 0.0717. The van der Waals surface area contributed by atoms with Gasteiger partial charge in [0.25, 0.3) is 5.56 Å². The van der Waals surface area contributed by atoms with Crippen LogP contribution in [-0.2, 0) is 10.1 Å². The summed E-state index contributed by atoms with van der Waals surface area (Å²) in [6, 6.07) is 8.70. The quantitative estimate of drug-likeness (QED) is 0.748. The average Bonchev–Trinajstić information content (AvgIpc) is 2.48. The van der Waals surface area contributed by atoms with Gasteiger partial charge in [-0.05, 0) is 42.3 Å². The van der Waals surface area contributed by atoms with Gasteiger partial charge in [0.05, 0.1) is 5.69 Å². The molecule has 25 heavy (non-hydrogen) atoms. The summed E-state index contributed by atoms with van der Waals surface area (Å²) in [6.07, 6.45) is 2.72. The molecule has 0 unspecified atom stereocenters. The smallest absolute Gasteiger partial charge is 0.277 e. The third kappa shape index (κ3) is 4.64. The molecule has 0 N–H and O–H groups in total. The number of pyridine rings is 1. The molecule has 0 atom stereocenters. The molecule has 0 bridgehead atoms. The van der Waals surface area contributed by atoms with Crippen LogP contribution in [0.3, 0.4) is 0 Å². The Balaban J connectivity index is 2.48. The molecule has 2 rings (SSSR count). The van der Waals surface area contributed by atoms with Gasteiger partial charge < -0.3 is 0 Å². The van der Waals surface area contributed by atoms with Crippen molar-refractivity contribution in [2.24, 2.45) is 0 Å². The van der Waals surface area contributed by atoms with Crippen molar-refractivity contribution in [2.75, 3.05) is 0 Å². The summed E-state index contributed by atoms with van der Waals surface area (Å²) in [6.45, 7) is 1.53. The molecule has 1 aromatic heterocycles. The third-order valence-electron chi connectivity index (χ3n) is 2.93. The van der Waals surface area contributed by atoms with E-state index in [1.165, 1.54) is 25.1 Å². The van der Waals surface area contributed by atoms with Crippen molar-refractivity contribution < 1.29 is 25.9 Å². The van der Waals surface area contributed by atoms with Gasteiger partial charge in [-0.15, -0.1) is 4.73 Å². The number of hydrogen-bond donors (Lipinski definition) is 0. The monoisotopic (exact) mass is 393 g/mol. The molecule has 0 amide bonds. The number of hydrogen-bond acceptors (Lipinski definition) is 4. The number of rotatable bonds is 4. The summed E-state index contributed by atoms with van der Waals surface area (Å²) in [7, 11) is -5.99. The molecule has 2 aromatic rings. The fourth-order valence-corrected chi connectivity index (χ4v) is 2.37. The van der Waals surface area contributed by atoms with Crippen LogP contribution in [0.2, 0.25) is 5.02 Å². The molecule has 1 heterocycles. The van der Waals surface area contributed by atoms with Gasteiger partial charge in [0, 0.05) is 11.1 Å². The van der Waals surface area contributed by atoms with Crippen LogP contribution in [0.15, 0.2) is 41.2 Å². The van der Waals surface area contributed by atoms with E-state index >= 15 is 0 Å². The molecular formula is C15H11ClF3NO4S. The summed E-state index contributed by atoms with van der Waals surface area (Å²) < 4.78 is 63.9. The molecule has 0 saturated heterocycles. The van der Waals surface area contributed by atoms with E-state index in [2.05, 4.69) is 4.28 Å². The Hall–Kier alpha value is -2.26. The fourth-order valence-electron chi connectivity index (χ4n) is 1.81. The summed E-state index contributed by atoms with van der Waals surface area (Å²) in [5, 5.41) is 0.490. The van der Waals surface area contributed by atoms with Crippen molar-refractivity contribution in [1.29, 1.82) is 0 Å². The Morgan fingerprint density at radius 2 is 1.72 bits per heavy atom. The van der Waals surface area contributed by atoms with Gasteiger partial charge in [0.1, 0.15) is 0 Å². The van der Waals surface area contributed by atoms with Crippen LogP contribution in [0.5, 0.6) is 0 Å². The SMILES string of the molecule is Cc1cc(/C=C/c2ccc(Cl)cc2)n(OS(=O)(=O)C(F)(F)F)c(=O)c1. The standard InChI is InChI=1S/C15H11ClF3NO4S/c1-10-8-13(7-4-11-2-5-12(16)6-3-11)20(14(21)9-10)24-25(22,23)15(17,18)19/h2-9H,1H3/b7-4+. The van der Waals surface area contributed by atoms with Gasteiger partial charge in [-0.25, -0.2) is 0 Å². The van der Waals surface area contributed by atoms with Gasteiger partial charge in [-0.2, -0.15) is 21.6 Å². The van der Waals surface area contributed by atoms with Gasteiger partial charge in [0.15, 0.2) is 0 Å². The lowest BCUT2D eigenvalue weighted by Crippen LogP contribution is -2.38. The molecule has 0 spiro atoms. The minimum Gasteiger partial charge on any atom is -0.277 e. The Morgan fingerprint density at radius 3 is 2.28 bits per heavy atom. The second-order valence-electron chi connectivity index (χ2n) is 4.95. The third-order valence-corrected chi connectivity index (χ3v) is 4.10. The van der Waals surface area contributed by atoms with E-state index in [1.54, 1.807) is 24.3 Å². The Kier molecular flexibility index (Phi) is 5.28. The normalized spacial score (nSPS) is 12.5. The van der Waals surface area contributed by atoms with Gasteiger partial charge >= 0.3 is 15.6 Å². The number of aryl methyl sites for hydroxylation is 1. The second kappa shape index (κ2) is 6.93. The van der Waals surface area contributed by atoms with Crippen LogP contribution >= 0.6 is 11.6 Å². The van der Waals surface area contributed by atoms with Crippen molar-refractivity contribution >= 4 is 33.9 Å². The highest BCUT2D eigenvalue weighted by Crippen LogP contribution is 2.23. The van der Waals surface area contributed by atoms with E-state index < -0.39 is 21.2 Å². The summed E-state index contributed by atoms with van der Waals surface area (Å²) in [4.78, 5) is 11.9. The second-order valence-corrected chi connectivity index (χ2v) is 6.91. The van der Waals surface area contributed by atoms with Gasteiger partial charge in [0.2, 0.25) is 0 Å². The predicted octanol–water partition coefficient (Wildman–Crippen LogP) is 3.26. The zero-order chi connectivity index (χ0) is 18.8. The Morgan fingerprint density at radius 1 is 1.12 bits per heavy atom. The van der Waals surface area contributed by atoms with E-state index in [9.17, 15) is 26.4 Å². The molecule has 0 aliphatic rings. The molecule has 0 radical (unpaired) electrons. The molecule has 10 heteroatoms. The van der Waals surface area contributed by atoms with Crippen molar-refractivity contribution in [3.8, 4) is 0 Å². The van der Waals surface area contributed by atoms with Crippen molar-refractivity contribution in [3.63, 3.8) is 0 Å². The summed E-state index contributed by atoms with van der Waals surface area (Å²) in [5.41, 5.74) is -5.83. The molecule has 1 aromatic carbocycles.